The third-order valence-electron chi connectivity index (χ3n) is 3.72. The average molecular weight is 198 g/mol. The van der Waals surface area contributed by atoms with E-state index < -0.39 is 0 Å². The van der Waals surface area contributed by atoms with Gasteiger partial charge in [-0.1, -0.05) is 0 Å². The van der Waals surface area contributed by atoms with Gasteiger partial charge in [0.1, 0.15) is 0 Å². The molecule has 3 nitrogen and oxygen atoms in total. The number of hydrogen-bond donors (Lipinski definition) is 1. The molecule has 0 amide bonds. The minimum atomic E-state index is -0.207. The molecule has 80 valence electrons. The van der Waals surface area contributed by atoms with Crippen LogP contribution in [-0.4, -0.2) is 23.8 Å². The van der Waals surface area contributed by atoms with Crippen molar-refractivity contribution >= 4 is 5.97 Å². The van der Waals surface area contributed by atoms with Crippen LogP contribution in [0.3, 0.4) is 0 Å². The number of hydrogen-bond acceptors (Lipinski definition) is 3. The maximum atomic E-state index is 10.7. The van der Waals surface area contributed by atoms with Gasteiger partial charge in [-0.15, -0.1) is 0 Å². The Morgan fingerprint density at radius 1 is 1.43 bits per heavy atom. The Morgan fingerprint density at radius 3 is 2.79 bits per heavy atom. The first-order chi connectivity index (χ1) is 6.66. The monoisotopic (exact) mass is 198 g/mol. The number of aliphatic hydroxyl groups is 1. The molecule has 3 fully saturated rings. The van der Waals surface area contributed by atoms with Gasteiger partial charge < -0.3 is 9.84 Å². The summed E-state index contributed by atoms with van der Waals surface area (Å²) in [5.41, 5.74) is 0. The van der Waals surface area contributed by atoms with Crippen molar-refractivity contribution < 1.29 is 14.6 Å². The predicted octanol–water partition coefficient (Wildman–Crippen LogP) is 1.35. The molecule has 3 saturated carbocycles. The third kappa shape index (κ3) is 1.92. The first-order valence-electron chi connectivity index (χ1n) is 5.48. The van der Waals surface area contributed by atoms with E-state index in [1.54, 1.807) is 0 Å². The van der Waals surface area contributed by atoms with Crippen molar-refractivity contribution in [2.24, 2.45) is 17.8 Å². The quantitative estimate of drug-likeness (QED) is 0.681. The molecule has 3 aliphatic rings. The lowest BCUT2D eigenvalue weighted by atomic mass is 9.63. The van der Waals surface area contributed by atoms with Gasteiger partial charge in [-0.3, -0.25) is 4.79 Å². The van der Waals surface area contributed by atoms with E-state index in [2.05, 4.69) is 0 Å². The van der Waals surface area contributed by atoms with E-state index in [1.165, 1.54) is 13.3 Å². The largest absolute Gasteiger partial charge is 0.466 e. The standard InChI is InChI=1S/C11H18O3/c1-7(12)14-6-9-4-8-2-3-10(9)11(13)5-8/h8-11,13H,2-6H2,1H3/t8?,9?,10?,11-/m1/s1. The van der Waals surface area contributed by atoms with Crippen LogP contribution in [-0.2, 0) is 9.53 Å². The molecule has 0 spiro atoms. The Morgan fingerprint density at radius 2 is 2.21 bits per heavy atom. The Labute approximate surface area is 84.4 Å². The van der Waals surface area contributed by atoms with Crippen LogP contribution in [0, 0.1) is 17.8 Å². The fraction of sp³-hybridized carbons (Fsp3) is 0.909. The van der Waals surface area contributed by atoms with Crippen LogP contribution in [0.15, 0.2) is 0 Å². The van der Waals surface area contributed by atoms with E-state index in [1.807, 2.05) is 0 Å². The van der Waals surface area contributed by atoms with E-state index in [4.69, 9.17) is 4.74 Å². The summed E-state index contributed by atoms with van der Waals surface area (Å²) >= 11 is 0. The normalized spacial score (nSPS) is 41.0. The number of rotatable bonds is 2. The molecule has 3 aliphatic carbocycles. The molecule has 3 heteroatoms. The zero-order chi connectivity index (χ0) is 10.1. The summed E-state index contributed by atoms with van der Waals surface area (Å²) in [4.78, 5) is 10.7. The van der Waals surface area contributed by atoms with E-state index in [9.17, 15) is 9.90 Å². The number of ether oxygens (including phenoxy) is 1. The van der Waals surface area contributed by atoms with Crippen LogP contribution in [0.25, 0.3) is 0 Å². The predicted molar refractivity (Wildman–Crippen MR) is 51.6 cm³/mol. The molecule has 0 aliphatic heterocycles. The van der Waals surface area contributed by atoms with Crippen LogP contribution in [0.2, 0.25) is 0 Å². The van der Waals surface area contributed by atoms with Crippen molar-refractivity contribution in [3.8, 4) is 0 Å². The Balaban J connectivity index is 1.90. The second-order valence-electron chi connectivity index (χ2n) is 4.71. The smallest absolute Gasteiger partial charge is 0.302 e. The van der Waals surface area contributed by atoms with E-state index in [-0.39, 0.29) is 12.1 Å². The van der Waals surface area contributed by atoms with Gasteiger partial charge in [0.15, 0.2) is 0 Å². The summed E-state index contributed by atoms with van der Waals surface area (Å²) in [6.07, 6.45) is 4.30. The van der Waals surface area contributed by atoms with Gasteiger partial charge in [-0.05, 0) is 43.4 Å². The molecule has 4 atom stereocenters. The highest BCUT2D eigenvalue weighted by Crippen LogP contribution is 2.45. The Hall–Kier alpha value is -0.570. The highest BCUT2D eigenvalue weighted by Gasteiger charge is 2.41. The highest BCUT2D eigenvalue weighted by atomic mass is 16.5. The number of esters is 1. The van der Waals surface area contributed by atoms with E-state index in [0.29, 0.717) is 24.4 Å². The van der Waals surface area contributed by atoms with Crippen molar-refractivity contribution in [3.05, 3.63) is 0 Å². The molecule has 2 bridgehead atoms. The second kappa shape index (κ2) is 3.89. The lowest BCUT2D eigenvalue weighted by Gasteiger charge is -2.45. The lowest BCUT2D eigenvalue weighted by molar-refractivity contribution is -0.146. The summed E-state index contributed by atoms with van der Waals surface area (Å²) < 4.78 is 5.03. The zero-order valence-electron chi connectivity index (χ0n) is 8.61. The molecule has 0 aromatic rings. The molecule has 0 radical (unpaired) electrons. The van der Waals surface area contributed by atoms with Gasteiger partial charge in [-0.2, -0.15) is 0 Å². The summed E-state index contributed by atoms with van der Waals surface area (Å²) in [5, 5.41) is 9.79. The number of aliphatic hydroxyl groups excluding tert-OH is 1. The molecule has 0 aromatic carbocycles. The molecule has 0 saturated heterocycles. The molecular formula is C11H18O3. The van der Waals surface area contributed by atoms with Gasteiger partial charge >= 0.3 is 5.97 Å². The summed E-state index contributed by atoms with van der Waals surface area (Å²) in [5.74, 6) is 1.23. The van der Waals surface area contributed by atoms with Crippen LogP contribution in [0.1, 0.15) is 32.6 Å². The zero-order valence-corrected chi connectivity index (χ0v) is 8.61. The maximum absolute atomic E-state index is 10.7. The highest BCUT2D eigenvalue weighted by molar-refractivity contribution is 5.65. The maximum Gasteiger partial charge on any atom is 0.302 e. The molecule has 1 N–H and O–H groups in total. The molecule has 14 heavy (non-hydrogen) atoms. The van der Waals surface area contributed by atoms with Crippen molar-refractivity contribution in [2.45, 2.75) is 38.7 Å². The van der Waals surface area contributed by atoms with Gasteiger partial charge in [0.2, 0.25) is 0 Å². The second-order valence-corrected chi connectivity index (χ2v) is 4.71. The van der Waals surface area contributed by atoms with Gasteiger partial charge in [0.05, 0.1) is 12.7 Å². The van der Waals surface area contributed by atoms with Crippen LogP contribution < -0.4 is 0 Å². The number of carbonyl (C=O) groups excluding carboxylic acids is 1. The van der Waals surface area contributed by atoms with Gasteiger partial charge in [0.25, 0.3) is 0 Å². The fourth-order valence-electron chi connectivity index (χ4n) is 3.04. The Bertz CT molecular complexity index is 227. The SMILES string of the molecule is CC(=O)OCC1CC2CCC1[C@H](O)C2. The first kappa shape index (κ1) is 9.97. The number of fused-ring (bicyclic) bond motifs is 3. The molecule has 0 heterocycles. The molecule has 3 unspecified atom stereocenters. The molecule has 3 rings (SSSR count). The lowest BCUT2D eigenvalue weighted by Crippen LogP contribution is -2.43. The minimum absolute atomic E-state index is 0.150. The van der Waals surface area contributed by atoms with Crippen LogP contribution >= 0.6 is 0 Å². The molecular weight excluding hydrogens is 180 g/mol. The molecule has 0 aromatic heterocycles. The van der Waals surface area contributed by atoms with Gasteiger partial charge in [-0.25, -0.2) is 0 Å². The third-order valence-corrected chi connectivity index (χ3v) is 3.72. The van der Waals surface area contributed by atoms with E-state index in [0.717, 1.165) is 19.3 Å². The van der Waals surface area contributed by atoms with Crippen molar-refractivity contribution in [2.75, 3.05) is 6.61 Å². The summed E-state index contributed by atoms with van der Waals surface area (Å²) in [6.45, 7) is 1.95. The Kier molecular flexibility index (Phi) is 2.77. The number of carbonyl (C=O) groups is 1. The van der Waals surface area contributed by atoms with Crippen molar-refractivity contribution in [3.63, 3.8) is 0 Å². The summed E-state index contributed by atoms with van der Waals surface area (Å²) in [6, 6.07) is 0. The van der Waals surface area contributed by atoms with Gasteiger partial charge in [0, 0.05) is 6.92 Å². The van der Waals surface area contributed by atoms with Crippen LogP contribution in [0.5, 0.6) is 0 Å². The minimum Gasteiger partial charge on any atom is -0.466 e. The van der Waals surface area contributed by atoms with E-state index >= 15 is 0 Å². The van der Waals surface area contributed by atoms with Crippen molar-refractivity contribution in [1.29, 1.82) is 0 Å². The van der Waals surface area contributed by atoms with Crippen LogP contribution in [0.4, 0.5) is 0 Å². The first-order valence-corrected chi connectivity index (χ1v) is 5.48. The topological polar surface area (TPSA) is 46.5 Å². The fourth-order valence-corrected chi connectivity index (χ4v) is 3.04. The summed E-state index contributed by atoms with van der Waals surface area (Å²) in [7, 11) is 0. The average Bonchev–Trinajstić information content (AvgIpc) is 2.15. The van der Waals surface area contributed by atoms with Crippen molar-refractivity contribution in [1.82, 2.24) is 0 Å².